The zero-order valence-electron chi connectivity index (χ0n) is 8.07. The van der Waals surface area contributed by atoms with Crippen molar-refractivity contribution in [1.29, 1.82) is 0 Å². The highest BCUT2D eigenvalue weighted by Crippen LogP contribution is 2.21. The van der Waals surface area contributed by atoms with Crippen LogP contribution in [0.1, 0.15) is 42.7 Å². The Kier molecular flexibility index (Phi) is 2.87. The van der Waals surface area contributed by atoms with Crippen LogP contribution < -0.4 is 0 Å². The molecule has 1 saturated carbocycles. The van der Waals surface area contributed by atoms with Crippen LogP contribution in [0.4, 0.5) is 0 Å². The molecule has 1 aliphatic carbocycles. The third-order valence-corrected chi connectivity index (χ3v) is 2.55. The predicted octanol–water partition coefficient (Wildman–Crippen LogP) is 2.77. The Morgan fingerprint density at radius 2 is 2.14 bits per heavy atom. The molecule has 0 aliphatic heterocycles. The first kappa shape index (κ1) is 9.31. The van der Waals surface area contributed by atoms with Gasteiger partial charge in [-0.3, -0.25) is 0 Å². The molecular weight excluding hydrogens is 180 g/mol. The second kappa shape index (κ2) is 4.31. The number of furan rings is 1. The summed E-state index contributed by atoms with van der Waals surface area (Å²) >= 11 is 0. The van der Waals surface area contributed by atoms with Crippen molar-refractivity contribution in [2.75, 3.05) is 0 Å². The van der Waals surface area contributed by atoms with Gasteiger partial charge in [0.05, 0.1) is 6.26 Å². The average Bonchev–Trinajstić information content (AvgIpc) is 2.72. The summed E-state index contributed by atoms with van der Waals surface area (Å²) in [5.74, 6) is -0.0301. The van der Waals surface area contributed by atoms with E-state index in [-0.39, 0.29) is 12.1 Å². The fraction of sp³-hybridized carbons (Fsp3) is 0.545. The standard InChI is InChI=1S/C11H14O3/c12-11(10-7-4-8-13-10)14-9-5-2-1-3-6-9/h4,7-9H,1-3,5-6H2. The molecule has 1 aliphatic rings. The van der Waals surface area contributed by atoms with E-state index >= 15 is 0 Å². The summed E-state index contributed by atoms with van der Waals surface area (Å²) in [4.78, 5) is 11.5. The van der Waals surface area contributed by atoms with Crippen LogP contribution in [0.5, 0.6) is 0 Å². The first-order chi connectivity index (χ1) is 6.86. The lowest BCUT2D eigenvalue weighted by Gasteiger charge is -2.21. The summed E-state index contributed by atoms with van der Waals surface area (Å²) in [7, 11) is 0. The summed E-state index contributed by atoms with van der Waals surface area (Å²) < 4.78 is 10.3. The van der Waals surface area contributed by atoms with Gasteiger partial charge in [0.1, 0.15) is 6.10 Å². The molecule has 2 rings (SSSR count). The Balaban J connectivity index is 1.87. The van der Waals surface area contributed by atoms with Crippen molar-refractivity contribution in [2.24, 2.45) is 0 Å². The van der Waals surface area contributed by atoms with Gasteiger partial charge in [-0.15, -0.1) is 0 Å². The lowest BCUT2D eigenvalue weighted by atomic mass is 9.98. The molecule has 0 saturated heterocycles. The van der Waals surface area contributed by atoms with Crippen molar-refractivity contribution in [3.05, 3.63) is 24.2 Å². The lowest BCUT2D eigenvalue weighted by Crippen LogP contribution is -2.20. The monoisotopic (exact) mass is 194 g/mol. The smallest absolute Gasteiger partial charge is 0.374 e. The molecule has 1 aromatic rings. The van der Waals surface area contributed by atoms with Crippen molar-refractivity contribution >= 4 is 5.97 Å². The third kappa shape index (κ3) is 2.16. The van der Waals surface area contributed by atoms with Gasteiger partial charge in [0.2, 0.25) is 5.76 Å². The molecule has 0 atom stereocenters. The fourth-order valence-electron chi connectivity index (χ4n) is 1.79. The molecule has 1 aromatic heterocycles. The SMILES string of the molecule is O=C(OC1CCCCC1)c1ccco1. The minimum atomic E-state index is -0.332. The summed E-state index contributed by atoms with van der Waals surface area (Å²) in [6.45, 7) is 0. The van der Waals surface area contributed by atoms with Crippen LogP contribution in [-0.2, 0) is 4.74 Å². The molecule has 1 fully saturated rings. The van der Waals surface area contributed by atoms with Crippen LogP contribution in [-0.4, -0.2) is 12.1 Å². The maximum atomic E-state index is 11.5. The van der Waals surface area contributed by atoms with E-state index in [9.17, 15) is 4.79 Å². The quantitative estimate of drug-likeness (QED) is 0.679. The number of ether oxygens (including phenoxy) is 1. The number of hydrogen-bond acceptors (Lipinski definition) is 3. The molecule has 0 spiro atoms. The number of esters is 1. The first-order valence-electron chi connectivity index (χ1n) is 5.11. The van der Waals surface area contributed by atoms with Crippen molar-refractivity contribution in [2.45, 2.75) is 38.2 Å². The minimum absolute atomic E-state index is 0.0985. The van der Waals surface area contributed by atoms with E-state index in [1.165, 1.54) is 12.7 Å². The van der Waals surface area contributed by atoms with Crippen molar-refractivity contribution in [3.63, 3.8) is 0 Å². The van der Waals surface area contributed by atoms with Gasteiger partial charge in [-0.1, -0.05) is 6.42 Å². The Morgan fingerprint density at radius 3 is 2.79 bits per heavy atom. The highest BCUT2D eigenvalue weighted by atomic mass is 16.6. The second-order valence-electron chi connectivity index (χ2n) is 3.64. The molecule has 14 heavy (non-hydrogen) atoms. The van der Waals surface area contributed by atoms with E-state index < -0.39 is 0 Å². The minimum Gasteiger partial charge on any atom is -0.457 e. The van der Waals surface area contributed by atoms with Gasteiger partial charge in [-0.05, 0) is 37.8 Å². The highest BCUT2D eigenvalue weighted by Gasteiger charge is 2.19. The number of carbonyl (C=O) groups excluding carboxylic acids is 1. The molecule has 0 amide bonds. The second-order valence-corrected chi connectivity index (χ2v) is 3.64. The number of hydrogen-bond donors (Lipinski definition) is 0. The van der Waals surface area contributed by atoms with Crippen LogP contribution in [0.25, 0.3) is 0 Å². The topological polar surface area (TPSA) is 39.4 Å². The maximum Gasteiger partial charge on any atom is 0.374 e. The average molecular weight is 194 g/mol. The van der Waals surface area contributed by atoms with E-state index in [4.69, 9.17) is 9.15 Å². The molecule has 0 radical (unpaired) electrons. The van der Waals surface area contributed by atoms with Crippen LogP contribution in [0.3, 0.4) is 0 Å². The van der Waals surface area contributed by atoms with E-state index in [0.717, 1.165) is 25.7 Å². The maximum absolute atomic E-state index is 11.5. The highest BCUT2D eigenvalue weighted by molar-refractivity contribution is 5.86. The summed E-state index contributed by atoms with van der Waals surface area (Å²) in [6, 6.07) is 3.32. The third-order valence-electron chi connectivity index (χ3n) is 2.55. The molecule has 76 valence electrons. The van der Waals surface area contributed by atoms with Crippen molar-refractivity contribution in [3.8, 4) is 0 Å². The van der Waals surface area contributed by atoms with Crippen LogP contribution >= 0.6 is 0 Å². The lowest BCUT2D eigenvalue weighted by molar-refractivity contribution is 0.0177. The molecule has 1 heterocycles. The molecule has 0 unspecified atom stereocenters. The van der Waals surface area contributed by atoms with Gasteiger partial charge in [-0.25, -0.2) is 4.79 Å². The summed E-state index contributed by atoms with van der Waals surface area (Å²) in [5.41, 5.74) is 0. The van der Waals surface area contributed by atoms with Gasteiger partial charge in [0.15, 0.2) is 0 Å². The molecule has 3 heteroatoms. The molecule has 0 N–H and O–H groups in total. The number of rotatable bonds is 2. The predicted molar refractivity (Wildman–Crippen MR) is 51.0 cm³/mol. The summed E-state index contributed by atoms with van der Waals surface area (Å²) in [6.07, 6.45) is 7.15. The fourth-order valence-corrected chi connectivity index (χ4v) is 1.79. The Hall–Kier alpha value is -1.25. The Bertz CT molecular complexity index is 283. The zero-order valence-corrected chi connectivity index (χ0v) is 8.07. The van der Waals surface area contributed by atoms with Gasteiger partial charge in [0, 0.05) is 0 Å². The normalized spacial score (nSPS) is 18.0. The van der Waals surface area contributed by atoms with E-state index in [2.05, 4.69) is 0 Å². The van der Waals surface area contributed by atoms with Crippen molar-refractivity contribution < 1.29 is 13.9 Å². The van der Waals surface area contributed by atoms with Crippen LogP contribution in [0, 0.1) is 0 Å². The van der Waals surface area contributed by atoms with E-state index in [1.54, 1.807) is 12.1 Å². The molecule has 0 aromatic carbocycles. The molecule has 3 nitrogen and oxygen atoms in total. The Morgan fingerprint density at radius 1 is 1.36 bits per heavy atom. The van der Waals surface area contributed by atoms with Crippen molar-refractivity contribution in [1.82, 2.24) is 0 Å². The van der Waals surface area contributed by atoms with E-state index in [1.807, 2.05) is 0 Å². The van der Waals surface area contributed by atoms with Gasteiger partial charge in [0.25, 0.3) is 0 Å². The van der Waals surface area contributed by atoms with Gasteiger partial charge >= 0.3 is 5.97 Å². The van der Waals surface area contributed by atoms with Gasteiger partial charge < -0.3 is 9.15 Å². The van der Waals surface area contributed by atoms with E-state index in [0.29, 0.717) is 5.76 Å². The Labute approximate surface area is 83.0 Å². The largest absolute Gasteiger partial charge is 0.457 e. The molecule has 0 bridgehead atoms. The molecular formula is C11H14O3. The number of carbonyl (C=O) groups is 1. The zero-order chi connectivity index (χ0) is 9.80. The van der Waals surface area contributed by atoms with Crippen LogP contribution in [0.15, 0.2) is 22.8 Å². The first-order valence-corrected chi connectivity index (χ1v) is 5.11. The van der Waals surface area contributed by atoms with Gasteiger partial charge in [-0.2, -0.15) is 0 Å². The van der Waals surface area contributed by atoms with Crippen LogP contribution in [0.2, 0.25) is 0 Å². The summed E-state index contributed by atoms with van der Waals surface area (Å²) in [5, 5.41) is 0.